The first-order valence-corrected chi connectivity index (χ1v) is 11.9. The normalized spacial score (nSPS) is 27.0. The highest BCUT2D eigenvalue weighted by molar-refractivity contribution is 5.76. The van der Waals surface area contributed by atoms with E-state index in [1.165, 1.54) is 70.9 Å². The van der Waals surface area contributed by atoms with Crippen LogP contribution in [0.1, 0.15) is 75.9 Å². The van der Waals surface area contributed by atoms with Crippen LogP contribution in [0.15, 0.2) is 36.5 Å². The minimum Gasteiger partial charge on any atom is -0.347 e. The number of carbonyl (C=O) groups excluding carboxylic acids is 1. The first-order chi connectivity index (χ1) is 14.3. The lowest BCUT2D eigenvalue weighted by atomic mass is 9.86. The zero-order chi connectivity index (χ0) is 19.9. The van der Waals surface area contributed by atoms with Crippen LogP contribution in [-0.4, -0.2) is 35.4 Å². The number of hydrogen-bond acceptors (Lipinski definition) is 3. The molecule has 3 aliphatic rings. The molecular weight excluding hydrogens is 358 g/mol. The van der Waals surface area contributed by atoms with E-state index in [9.17, 15) is 4.79 Å². The maximum absolute atomic E-state index is 12.9. The van der Waals surface area contributed by atoms with Crippen molar-refractivity contribution in [3.05, 3.63) is 42.2 Å². The van der Waals surface area contributed by atoms with Gasteiger partial charge in [-0.1, -0.05) is 31.1 Å². The fourth-order valence-electron chi connectivity index (χ4n) is 5.62. The summed E-state index contributed by atoms with van der Waals surface area (Å²) in [4.78, 5) is 20.2. The highest BCUT2D eigenvalue weighted by Gasteiger charge is 2.31. The number of allylic oxidation sites excluding steroid dienone is 2. The number of carbonyl (C=O) groups is 1. The predicted molar refractivity (Wildman–Crippen MR) is 117 cm³/mol. The van der Waals surface area contributed by atoms with E-state index >= 15 is 0 Å². The average Bonchev–Trinajstić information content (AvgIpc) is 3.26. The van der Waals surface area contributed by atoms with E-state index in [1.54, 1.807) is 0 Å². The number of aromatic nitrogens is 1. The maximum Gasteiger partial charge on any atom is 0.220 e. The first kappa shape index (κ1) is 20.6. The van der Waals surface area contributed by atoms with E-state index in [4.69, 9.17) is 0 Å². The number of piperidine rings is 1. The molecule has 4 rings (SSSR count). The standard InChI is InChI=1S/C25H37N3O/c29-24(17-20-9-4-5-10-20)27-25(23-14-6-7-15-26-23)22-13-8-16-28(19-22)18-21-11-2-1-3-12-21/h1-2,6-7,14-15,20-22,25H,3-5,8-13,16-19H2,(H,27,29). The molecule has 1 aliphatic heterocycles. The van der Waals surface area contributed by atoms with Crippen LogP contribution in [0.4, 0.5) is 0 Å². The van der Waals surface area contributed by atoms with Crippen molar-refractivity contribution in [1.29, 1.82) is 0 Å². The van der Waals surface area contributed by atoms with Gasteiger partial charge in [0, 0.05) is 25.7 Å². The average molecular weight is 396 g/mol. The molecule has 1 aromatic rings. The Balaban J connectivity index is 1.40. The van der Waals surface area contributed by atoms with Crippen molar-refractivity contribution < 1.29 is 4.79 Å². The van der Waals surface area contributed by atoms with Crippen molar-refractivity contribution in [3.8, 4) is 0 Å². The quantitative estimate of drug-likeness (QED) is 0.669. The molecule has 29 heavy (non-hydrogen) atoms. The first-order valence-electron chi connectivity index (χ1n) is 11.9. The smallest absolute Gasteiger partial charge is 0.220 e. The number of hydrogen-bond donors (Lipinski definition) is 1. The van der Waals surface area contributed by atoms with E-state index in [-0.39, 0.29) is 11.9 Å². The van der Waals surface area contributed by atoms with E-state index in [1.807, 2.05) is 18.3 Å². The minimum absolute atomic E-state index is 0.0409. The van der Waals surface area contributed by atoms with Gasteiger partial charge in [-0.3, -0.25) is 9.78 Å². The van der Waals surface area contributed by atoms with Crippen molar-refractivity contribution in [2.24, 2.45) is 17.8 Å². The molecule has 3 atom stereocenters. The highest BCUT2D eigenvalue weighted by atomic mass is 16.1. The van der Waals surface area contributed by atoms with Gasteiger partial charge in [-0.2, -0.15) is 0 Å². The largest absolute Gasteiger partial charge is 0.347 e. The second kappa shape index (κ2) is 10.4. The van der Waals surface area contributed by atoms with E-state index in [0.29, 0.717) is 18.3 Å². The molecule has 0 aromatic carbocycles. The van der Waals surface area contributed by atoms with Crippen LogP contribution >= 0.6 is 0 Å². The summed E-state index contributed by atoms with van der Waals surface area (Å²) in [5.74, 6) is 2.05. The molecule has 0 radical (unpaired) electrons. The fraction of sp³-hybridized carbons (Fsp3) is 0.680. The Hall–Kier alpha value is -1.68. The molecule has 1 aromatic heterocycles. The molecule has 1 N–H and O–H groups in total. The van der Waals surface area contributed by atoms with Crippen LogP contribution in [0.25, 0.3) is 0 Å². The molecule has 4 heteroatoms. The number of rotatable bonds is 7. The summed E-state index contributed by atoms with van der Waals surface area (Å²) in [6.45, 7) is 3.47. The SMILES string of the molecule is O=C(CC1CCCC1)NC(c1ccccn1)C1CCCN(CC2CC=CCC2)C1. The van der Waals surface area contributed by atoms with Gasteiger partial charge in [0.15, 0.2) is 0 Å². The van der Waals surface area contributed by atoms with Crippen molar-refractivity contribution in [2.75, 3.05) is 19.6 Å². The van der Waals surface area contributed by atoms with Gasteiger partial charge >= 0.3 is 0 Å². The van der Waals surface area contributed by atoms with Crippen molar-refractivity contribution in [3.63, 3.8) is 0 Å². The topological polar surface area (TPSA) is 45.2 Å². The van der Waals surface area contributed by atoms with Gasteiger partial charge in [0.25, 0.3) is 0 Å². The second-order valence-electron chi connectivity index (χ2n) is 9.47. The molecular formula is C25H37N3O. The molecule has 1 amide bonds. The Morgan fingerprint density at radius 3 is 2.76 bits per heavy atom. The molecule has 3 unspecified atom stereocenters. The van der Waals surface area contributed by atoms with Gasteiger partial charge in [-0.05, 0) is 81.4 Å². The van der Waals surface area contributed by atoms with Gasteiger partial charge in [0.1, 0.15) is 0 Å². The predicted octanol–water partition coefficient (Wildman–Crippen LogP) is 4.89. The fourth-order valence-corrected chi connectivity index (χ4v) is 5.62. The monoisotopic (exact) mass is 395 g/mol. The van der Waals surface area contributed by atoms with Crippen LogP contribution in [0, 0.1) is 17.8 Å². The van der Waals surface area contributed by atoms with Crippen molar-refractivity contribution in [2.45, 2.75) is 70.3 Å². The Labute approximate surface area is 176 Å². The van der Waals surface area contributed by atoms with Crippen molar-refractivity contribution >= 4 is 5.91 Å². The van der Waals surface area contributed by atoms with E-state index in [2.05, 4.69) is 33.4 Å². The number of nitrogens with zero attached hydrogens (tertiary/aromatic N) is 2. The summed E-state index contributed by atoms with van der Waals surface area (Å²) in [6, 6.07) is 6.14. The Morgan fingerprint density at radius 2 is 2.00 bits per heavy atom. The van der Waals surface area contributed by atoms with Crippen LogP contribution in [0.5, 0.6) is 0 Å². The molecule has 4 nitrogen and oxygen atoms in total. The van der Waals surface area contributed by atoms with Crippen LogP contribution in [0.2, 0.25) is 0 Å². The van der Waals surface area contributed by atoms with Gasteiger partial charge in [-0.15, -0.1) is 0 Å². The van der Waals surface area contributed by atoms with Gasteiger partial charge in [0.2, 0.25) is 5.91 Å². The Morgan fingerprint density at radius 1 is 1.10 bits per heavy atom. The summed E-state index contributed by atoms with van der Waals surface area (Å²) >= 11 is 0. The summed E-state index contributed by atoms with van der Waals surface area (Å²) < 4.78 is 0. The third-order valence-corrected chi connectivity index (χ3v) is 7.18. The van der Waals surface area contributed by atoms with Crippen LogP contribution in [0.3, 0.4) is 0 Å². The molecule has 158 valence electrons. The molecule has 2 heterocycles. The molecule has 2 aliphatic carbocycles. The summed E-state index contributed by atoms with van der Waals surface area (Å²) in [5.41, 5.74) is 1.03. The minimum atomic E-state index is 0.0409. The van der Waals surface area contributed by atoms with Gasteiger partial charge < -0.3 is 10.2 Å². The number of pyridine rings is 1. The van der Waals surface area contributed by atoms with Crippen LogP contribution < -0.4 is 5.32 Å². The molecule has 0 bridgehead atoms. The lowest BCUT2D eigenvalue weighted by Gasteiger charge is -2.39. The lowest BCUT2D eigenvalue weighted by Crippen LogP contribution is -2.44. The lowest BCUT2D eigenvalue weighted by molar-refractivity contribution is -0.123. The summed E-state index contributed by atoms with van der Waals surface area (Å²) in [6.07, 6.45) is 18.4. The Bertz CT molecular complexity index is 668. The third-order valence-electron chi connectivity index (χ3n) is 7.18. The summed E-state index contributed by atoms with van der Waals surface area (Å²) in [5, 5.41) is 3.41. The zero-order valence-electron chi connectivity index (χ0n) is 17.8. The molecule has 1 saturated carbocycles. The summed E-state index contributed by atoms with van der Waals surface area (Å²) in [7, 11) is 0. The molecule has 1 saturated heterocycles. The number of nitrogens with one attached hydrogen (secondary N) is 1. The second-order valence-corrected chi connectivity index (χ2v) is 9.47. The van der Waals surface area contributed by atoms with Crippen molar-refractivity contribution in [1.82, 2.24) is 15.2 Å². The van der Waals surface area contributed by atoms with Gasteiger partial charge in [-0.25, -0.2) is 0 Å². The molecule has 2 fully saturated rings. The van der Waals surface area contributed by atoms with Gasteiger partial charge in [0.05, 0.1) is 11.7 Å². The third kappa shape index (κ3) is 5.91. The van der Waals surface area contributed by atoms with Crippen LogP contribution in [-0.2, 0) is 4.79 Å². The number of likely N-dealkylation sites (tertiary alicyclic amines) is 1. The maximum atomic E-state index is 12.9. The molecule has 0 spiro atoms. The van der Waals surface area contributed by atoms with E-state index < -0.39 is 0 Å². The zero-order valence-corrected chi connectivity index (χ0v) is 17.8. The highest BCUT2D eigenvalue weighted by Crippen LogP contribution is 2.32. The Kier molecular flexibility index (Phi) is 7.37. The van der Waals surface area contributed by atoms with E-state index in [0.717, 1.165) is 18.2 Å². The number of amides is 1.